The van der Waals surface area contributed by atoms with Gasteiger partial charge in [0.15, 0.2) is 42.8 Å². The van der Waals surface area contributed by atoms with Crippen molar-refractivity contribution in [3.63, 3.8) is 0 Å². The summed E-state index contributed by atoms with van der Waals surface area (Å²) in [5.41, 5.74) is 10.5. The Bertz CT molecular complexity index is 4210. The molecule has 612 valence electrons. The van der Waals surface area contributed by atoms with Crippen LogP contribution in [0.4, 0.5) is 8.78 Å². The number of halogens is 5. The predicted octanol–water partition coefficient (Wildman–Crippen LogP) is 11.9. The number of hydrogen-bond donors (Lipinski definition) is 3. The maximum atomic E-state index is 14.2. The number of rotatable bonds is 19. The summed E-state index contributed by atoms with van der Waals surface area (Å²) in [5.74, 6) is 0.170. The summed E-state index contributed by atoms with van der Waals surface area (Å²) in [6, 6.07) is 31.5. The van der Waals surface area contributed by atoms with Crippen LogP contribution >= 0.6 is 46.6 Å². The molecule has 3 aliphatic carbocycles. The zero-order valence-electron chi connectivity index (χ0n) is 65.0. The smallest absolute Gasteiger partial charge is 0.227 e. The van der Waals surface area contributed by atoms with E-state index in [1.165, 1.54) is 95.8 Å². The van der Waals surface area contributed by atoms with Crippen molar-refractivity contribution in [2.75, 3.05) is 147 Å². The molecule has 20 nitrogen and oxygen atoms in total. The van der Waals surface area contributed by atoms with Crippen LogP contribution in [0.15, 0.2) is 109 Å². The molecule has 0 aromatic heterocycles. The van der Waals surface area contributed by atoms with Crippen LogP contribution < -0.4 is 25.8 Å². The first-order valence-corrected chi connectivity index (χ1v) is 45.9. The van der Waals surface area contributed by atoms with Crippen molar-refractivity contribution in [3.05, 3.63) is 164 Å². The highest BCUT2D eigenvalue weighted by Crippen LogP contribution is 2.43. The van der Waals surface area contributed by atoms with Gasteiger partial charge < -0.3 is 40.5 Å². The number of carbonyl (C=O) groups is 5. The summed E-state index contributed by atoms with van der Waals surface area (Å²) in [4.78, 5) is 75.6. The summed E-state index contributed by atoms with van der Waals surface area (Å²) in [5, 5.41) is 8.61. The maximum Gasteiger partial charge on any atom is 0.227 e. The Morgan fingerprint density at radius 2 is 0.866 bits per heavy atom. The van der Waals surface area contributed by atoms with Gasteiger partial charge in [-0.05, 0) is 128 Å². The van der Waals surface area contributed by atoms with E-state index in [2.05, 4.69) is 47.1 Å². The fourth-order valence-corrected chi connectivity index (χ4v) is 24.7. The Labute approximate surface area is 680 Å². The number of aldehydes is 1. The lowest BCUT2D eigenvalue weighted by Crippen LogP contribution is -2.62. The van der Waals surface area contributed by atoms with E-state index >= 15 is 0 Å². The lowest BCUT2D eigenvalue weighted by atomic mass is 9.79. The average molecular weight is 1660 g/mol. The molecule has 5 aromatic carbocycles. The van der Waals surface area contributed by atoms with Gasteiger partial charge in [0.2, 0.25) is 23.6 Å². The minimum atomic E-state index is -3.29. The molecule has 5 aromatic rings. The molecule has 6 heterocycles. The molecule has 0 spiro atoms. The van der Waals surface area contributed by atoms with Crippen molar-refractivity contribution in [2.45, 2.75) is 144 Å². The number of hydrogen-bond acceptors (Lipinski definition) is 17. The average Bonchev–Trinajstić information content (AvgIpc) is 1.52. The number of piperazine rings is 3. The maximum absolute atomic E-state index is 14.2. The zero-order valence-corrected chi connectivity index (χ0v) is 69.7. The molecule has 3 saturated carbocycles. The molecule has 9 aliphatic rings. The molecule has 0 radical (unpaired) electrons. The molecule has 6 aliphatic heterocycles. The second-order valence-corrected chi connectivity index (χ2v) is 38.7. The van der Waals surface area contributed by atoms with Crippen molar-refractivity contribution < 1.29 is 59.1 Å². The molecule has 0 unspecified atom stereocenters. The van der Waals surface area contributed by atoms with Gasteiger partial charge in [-0.25, -0.2) is 25.6 Å². The first-order chi connectivity index (χ1) is 53.8. The van der Waals surface area contributed by atoms with Gasteiger partial charge in [0.05, 0.1) is 55.0 Å². The zero-order chi connectivity index (χ0) is 79.8. The van der Waals surface area contributed by atoms with E-state index in [0.717, 1.165) is 143 Å². The highest BCUT2D eigenvalue weighted by atomic mass is 35.5. The van der Waals surface area contributed by atoms with E-state index in [1.54, 1.807) is 37.3 Å². The van der Waals surface area contributed by atoms with Crippen molar-refractivity contribution in [3.8, 4) is 11.5 Å². The third-order valence-corrected chi connectivity index (χ3v) is 30.5. The van der Waals surface area contributed by atoms with Gasteiger partial charge in [-0.3, -0.25) is 38.7 Å². The first-order valence-electron chi connectivity index (χ1n) is 39.9. The third-order valence-electron chi connectivity index (χ3n) is 25.1. The molecule has 4 amide bonds. The van der Waals surface area contributed by atoms with Crippen molar-refractivity contribution >= 4 is 96.2 Å². The normalized spacial score (nSPS) is 24.8. The Morgan fingerprint density at radius 1 is 0.491 bits per heavy atom. The highest BCUT2D eigenvalue weighted by molar-refractivity contribution is 7.99. The lowest BCUT2D eigenvalue weighted by molar-refractivity contribution is -0.139. The van der Waals surface area contributed by atoms with Crippen LogP contribution in [0, 0.1) is 29.4 Å². The van der Waals surface area contributed by atoms with Gasteiger partial charge >= 0.3 is 0 Å². The summed E-state index contributed by atoms with van der Waals surface area (Å²) in [7, 11) is -3.69. The minimum absolute atomic E-state index is 0.000935. The number of carbonyl (C=O) groups excluding carboxylic acids is 5. The quantitative estimate of drug-likeness (QED) is 0.0651. The molecule has 6 saturated heterocycles. The Morgan fingerprint density at radius 3 is 1.25 bits per heavy atom. The monoisotopic (exact) mass is 1660 g/mol. The fourth-order valence-electron chi connectivity index (χ4n) is 18.8. The van der Waals surface area contributed by atoms with Crippen LogP contribution in [-0.4, -0.2) is 240 Å². The Balaban J connectivity index is 0.000000157. The summed E-state index contributed by atoms with van der Waals surface area (Å²) in [6.07, 6.45) is 18.3. The Hall–Kier alpha value is -5.97. The Kier molecular flexibility index (Phi) is 30.9. The number of nitrogens with two attached hydrogens (primary N) is 1. The number of ether oxygens (including phenoxy) is 2. The molecular weight excluding hydrogens is 1550 g/mol. The fraction of sp³-hybridized carbons (Fsp3) is 0.583. The summed E-state index contributed by atoms with van der Waals surface area (Å²) >= 11 is 20.0. The summed E-state index contributed by atoms with van der Waals surface area (Å²) in [6.45, 7) is 13.4. The van der Waals surface area contributed by atoms with Crippen molar-refractivity contribution in [1.82, 2.24) is 40.0 Å². The van der Waals surface area contributed by atoms with Gasteiger partial charge in [-0.1, -0.05) is 135 Å². The summed E-state index contributed by atoms with van der Waals surface area (Å²) < 4.78 is 86.6. The third kappa shape index (κ3) is 22.0. The standard InChI is InChI=1S/C30H39ClFN3O4S.C24H34ClN3O2S.C22H32ClN3O3S.C8H7FO2/c1-39-28-10-5-22(17-27(28)32)18-33-21-30(11-3-2-4-12-30)35-15-13-34(14-16-35)29(36)26-20-40(37,38)19-25(26)23-6-8-24(31)9-7-23;1-18(29)26-17-24(9-3-2-4-10-24)28-13-11-27(12-14-28)23(30)22-16-31-15-21(22)19-5-7-20(25)8-6-19;23-18-6-4-17(5-7-18)19-14-30(28,29)15-20(19)21(27)25-10-12-26(13-11-25)22(16-24)8-2-1-3-9-22;1-11-8-3-2-6(5-10)4-7(8)9/h5-10,17,25-26,33H,2-4,11-16,18-21H2,1H3;5-8,21-22H,2-4,9-17H2,1H3,(H,26,29);4-7,19-20H,1-3,8-16,24H2;2-5H,1H3/t25-,26+;21-,22+;19-,20+;/m000./s1. The van der Waals surface area contributed by atoms with Crippen molar-refractivity contribution in [2.24, 2.45) is 23.5 Å². The number of amides is 4. The largest absolute Gasteiger partial charge is 0.494 e. The van der Waals surface area contributed by atoms with Crippen LogP contribution in [0.25, 0.3) is 0 Å². The second-order valence-electron chi connectivity index (χ2n) is 32.0. The molecule has 112 heavy (non-hydrogen) atoms. The van der Waals surface area contributed by atoms with E-state index < -0.39 is 37.3 Å². The number of nitrogens with one attached hydrogen (secondary N) is 2. The van der Waals surface area contributed by atoms with E-state index in [9.17, 15) is 49.6 Å². The number of benzene rings is 5. The van der Waals surface area contributed by atoms with Crippen molar-refractivity contribution in [1.29, 1.82) is 0 Å². The van der Waals surface area contributed by atoms with Crippen LogP contribution in [0.3, 0.4) is 0 Å². The van der Waals surface area contributed by atoms with Gasteiger partial charge in [0.25, 0.3) is 0 Å². The molecule has 6 atom stereocenters. The van der Waals surface area contributed by atoms with Crippen LogP contribution in [0.2, 0.25) is 15.1 Å². The van der Waals surface area contributed by atoms with Gasteiger partial charge in [0, 0.05) is 178 Å². The molecule has 14 rings (SSSR count). The number of sulfone groups is 2. The lowest BCUT2D eigenvalue weighted by Gasteiger charge is -2.50. The molecule has 0 bridgehead atoms. The van der Waals surface area contributed by atoms with Crippen LogP contribution in [0.5, 0.6) is 11.5 Å². The van der Waals surface area contributed by atoms with Crippen LogP contribution in [0.1, 0.15) is 154 Å². The predicted molar refractivity (Wildman–Crippen MR) is 440 cm³/mol. The van der Waals surface area contributed by atoms with E-state index in [4.69, 9.17) is 45.3 Å². The van der Waals surface area contributed by atoms with E-state index in [0.29, 0.717) is 67.1 Å². The SMILES string of the molecule is CC(=O)NCC1(N2CCN(C(=O)[C@@H]3CSC[C@H]3c3ccc(Cl)cc3)CC2)CCCCC1.COc1ccc(C=O)cc1F.COc1ccc(CNCC2(N3CCN(C(=O)[C@@H]4CS(=O)(=O)C[C@H]4c4ccc(Cl)cc4)CC3)CCCCC2)cc1F.NCC1(N2CCN(C(=O)[C@@H]3CS(=O)(=O)C[C@H]3c3ccc(Cl)cc3)CC2)CCCCC1. The number of nitrogens with zero attached hydrogens (tertiary/aromatic N) is 6. The van der Waals surface area contributed by atoms with Gasteiger partial charge in [-0.15, -0.1) is 0 Å². The molecular formula is C84H112Cl3F2N9O11S3. The molecule has 9 fully saturated rings. The molecule has 28 heteroatoms. The first kappa shape index (κ1) is 86.9. The second kappa shape index (κ2) is 39.8. The topological polar surface area (TPSA) is 242 Å². The van der Waals surface area contributed by atoms with Gasteiger partial charge in [-0.2, -0.15) is 11.8 Å². The minimum Gasteiger partial charge on any atom is -0.494 e. The van der Waals surface area contributed by atoms with Crippen LogP contribution in [-0.2, 0) is 45.4 Å². The number of methoxy groups -OCH3 is 2. The number of thioether (sulfide) groups is 1. The van der Waals surface area contributed by atoms with Gasteiger partial charge in [0.1, 0.15) is 6.29 Å². The molecule has 4 N–H and O–H groups in total. The van der Waals surface area contributed by atoms with E-state index in [1.807, 2.05) is 64.0 Å². The highest BCUT2D eigenvalue weighted by Gasteiger charge is 2.49. The van der Waals surface area contributed by atoms with E-state index in [-0.39, 0.29) is 98.3 Å².